The Hall–Kier alpha value is -0.870. The highest BCUT2D eigenvalue weighted by Gasteiger charge is 2.30. The van der Waals surface area contributed by atoms with Gasteiger partial charge in [-0.1, -0.05) is 27.7 Å². The maximum Gasteiger partial charge on any atom is 0.243 e. The van der Waals surface area contributed by atoms with E-state index in [9.17, 15) is 8.42 Å². The van der Waals surface area contributed by atoms with Gasteiger partial charge in [-0.15, -0.1) is 0 Å². The van der Waals surface area contributed by atoms with Crippen molar-refractivity contribution in [2.75, 3.05) is 13.1 Å². The fourth-order valence-corrected chi connectivity index (χ4v) is 5.39. The Labute approximate surface area is 143 Å². The average Bonchev–Trinajstić information content (AvgIpc) is 2.41. The minimum atomic E-state index is -3.48. The first-order valence-electron chi connectivity index (χ1n) is 8.48. The topological polar surface area (TPSA) is 37.4 Å². The van der Waals surface area contributed by atoms with Crippen LogP contribution in [0.4, 0.5) is 0 Å². The molecular weight excluding hydrogens is 306 g/mol. The van der Waals surface area contributed by atoms with Crippen LogP contribution in [0.1, 0.15) is 55.5 Å². The first-order valence-corrected chi connectivity index (χ1v) is 9.92. The van der Waals surface area contributed by atoms with Gasteiger partial charge in [-0.05, 0) is 74.3 Å². The number of hydrogen-bond acceptors (Lipinski definition) is 2. The van der Waals surface area contributed by atoms with E-state index < -0.39 is 10.0 Å². The Bertz CT molecular complexity index is 634. The van der Waals surface area contributed by atoms with E-state index in [1.165, 1.54) is 5.56 Å². The third-order valence-corrected chi connectivity index (χ3v) is 6.77. The number of hydrogen-bond donors (Lipinski definition) is 0. The van der Waals surface area contributed by atoms with Gasteiger partial charge in [0.05, 0.1) is 4.90 Å². The van der Waals surface area contributed by atoms with E-state index >= 15 is 0 Å². The van der Waals surface area contributed by atoms with Crippen molar-refractivity contribution in [1.29, 1.82) is 0 Å². The Kier molecular flexibility index (Phi) is 6.45. The summed E-state index contributed by atoms with van der Waals surface area (Å²) in [6.07, 6.45) is 0. The van der Waals surface area contributed by atoms with Gasteiger partial charge < -0.3 is 0 Å². The van der Waals surface area contributed by atoms with Gasteiger partial charge in [-0.25, -0.2) is 8.42 Å². The van der Waals surface area contributed by atoms with Crippen LogP contribution in [0.15, 0.2) is 4.90 Å². The van der Waals surface area contributed by atoms with Gasteiger partial charge in [0.25, 0.3) is 0 Å². The van der Waals surface area contributed by atoms with Crippen LogP contribution in [-0.4, -0.2) is 25.8 Å². The fourth-order valence-electron chi connectivity index (χ4n) is 3.07. The fraction of sp³-hybridized carbons (Fsp3) is 0.684. The summed E-state index contributed by atoms with van der Waals surface area (Å²) in [5.41, 5.74) is 5.14. The summed E-state index contributed by atoms with van der Waals surface area (Å²) in [6, 6.07) is 0. The molecule has 1 aromatic rings. The van der Waals surface area contributed by atoms with E-state index in [1.807, 2.05) is 27.7 Å². The van der Waals surface area contributed by atoms with Crippen LogP contribution < -0.4 is 0 Å². The van der Waals surface area contributed by atoms with Crippen LogP contribution in [0.5, 0.6) is 0 Å². The molecule has 0 fully saturated rings. The van der Waals surface area contributed by atoms with Crippen molar-refractivity contribution in [3.05, 3.63) is 27.8 Å². The monoisotopic (exact) mass is 339 g/mol. The highest BCUT2D eigenvalue weighted by molar-refractivity contribution is 7.89. The standard InChI is InChI=1S/C19H33NO2S/c1-12(2)10-20(11-13(3)4)23(21,22)19-17(8)15(6)14(5)16(7)18(19)9/h12-13H,10-11H2,1-9H3. The molecule has 1 aromatic carbocycles. The van der Waals surface area contributed by atoms with Crippen LogP contribution in [0.3, 0.4) is 0 Å². The van der Waals surface area contributed by atoms with Crippen molar-refractivity contribution in [2.45, 2.75) is 67.2 Å². The molecule has 0 aliphatic heterocycles. The number of sulfonamides is 1. The SMILES string of the molecule is Cc1c(C)c(C)c(S(=O)(=O)N(CC(C)C)CC(C)C)c(C)c1C. The summed E-state index contributed by atoms with van der Waals surface area (Å²) in [5, 5.41) is 0. The highest BCUT2D eigenvalue weighted by Crippen LogP contribution is 2.32. The molecule has 0 atom stereocenters. The Morgan fingerprint density at radius 2 is 1.00 bits per heavy atom. The van der Waals surface area contributed by atoms with E-state index in [2.05, 4.69) is 34.6 Å². The van der Waals surface area contributed by atoms with E-state index in [4.69, 9.17) is 0 Å². The van der Waals surface area contributed by atoms with Gasteiger partial charge in [0, 0.05) is 13.1 Å². The molecule has 132 valence electrons. The lowest BCUT2D eigenvalue weighted by Crippen LogP contribution is -2.38. The van der Waals surface area contributed by atoms with Crippen LogP contribution in [0.25, 0.3) is 0 Å². The lowest BCUT2D eigenvalue weighted by atomic mass is 9.95. The second-order valence-electron chi connectivity index (χ2n) is 7.56. The van der Waals surface area contributed by atoms with Crippen LogP contribution in [0, 0.1) is 46.5 Å². The molecule has 0 spiro atoms. The third kappa shape index (κ3) is 4.16. The zero-order chi connectivity index (χ0) is 18.1. The minimum Gasteiger partial charge on any atom is -0.207 e. The van der Waals surface area contributed by atoms with Crippen molar-refractivity contribution in [3.8, 4) is 0 Å². The summed E-state index contributed by atoms with van der Waals surface area (Å²) in [5.74, 6) is 0.605. The normalized spacial score (nSPS) is 12.7. The zero-order valence-corrected chi connectivity index (χ0v) is 17.1. The molecule has 0 bridgehead atoms. The van der Waals surface area contributed by atoms with Crippen molar-refractivity contribution in [1.82, 2.24) is 4.31 Å². The predicted molar refractivity (Wildman–Crippen MR) is 98.6 cm³/mol. The predicted octanol–water partition coefficient (Wildman–Crippen LogP) is 4.53. The summed E-state index contributed by atoms with van der Waals surface area (Å²) < 4.78 is 28.4. The molecule has 0 saturated carbocycles. The molecule has 0 amide bonds. The minimum absolute atomic E-state index is 0.303. The van der Waals surface area contributed by atoms with Crippen molar-refractivity contribution in [3.63, 3.8) is 0 Å². The van der Waals surface area contributed by atoms with Crippen molar-refractivity contribution in [2.24, 2.45) is 11.8 Å². The van der Waals surface area contributed by atoms with Crippen LogP contribution >= 0.6 is 0 Å². The van der Waals surface area contributed by atoms with Gasteiger partial charge in [0.15, 0.2) is 0 Å². The van der Waals surface area contributed by atoms with Crippen molar-refractivity contribution >= 4 is 10.0 Å². The molecule has 0 aliphatic carbocycles. The molecule has 23 heavy (non-hydrogen) atoms. The molecule has 0 aliphatic rings. The molecule has 1 rings (SSSR count). The molecule has 0 unspecified atom stereocenters. The molecule has 0 N–H and O–H groups in total. The second-order valence-corrected chi connectivity index (χ2v) is 9.44. The van der Waals surface area contributed by atoms with Gasteiger partial charge in [0.1, 0.15) is 0 Å². The molecule has 4 heteroatoms. The molecule has 3 nitrogen and oxygen atoms in total. The van der Waals surface area contributed by atoms with E-state index in [0.29, 0.717) is 29.8 Å². The van der Waals surface area contributed by atoms with Crippen LogP contribution in [-0.2, 0) is 10.0 Å². The van der Waals surface area contributed by atoms with E-state index in [1.54, 1.807) is 4.31 Å². The summed E-state index contributed by atoms with van der Waals surface area (Å²) in [6.45, 7) is 19.4. The maximum absolute atomic E-state index is 13.4. The van der Waals surface area contributed by atoms with E-state index in [-0.39, 0.29) is 0 Å². The summed E-state index contributed by atoms with van der Waals surface area (Å²) in [4.78, 5) is 0.513. The summed E-state index contributed by atoms with van der Waals surface area (Å²) >= 11 is 0. The Morgan fingerprint density at radius 3 is 1.30 bits per heavy atom. The van der Waals surface area contributed by atoms with Gasteiger partial charge in [0.2, 0.25) is 10.0 Å². The average molecular weight is 340 g/mol. The molecular formula is C19H33NO2S. The zero-order valence-electron chi connectivity index (χ0n) is 16.2. The number of nitrogens with zero attached hydrogens (tertiary/aromatic N) is 1. The number of rotatable bonds is 6. The van der Waals surface area contributed by atoms with Gasteiger partial charge in [-0.3, -0.25) is 0 Å². The Morgan fingerprint density at radius 1 is 0.696 bits per heavy atom. The Balaban J connectivity index is 3.58. The summed E-state index contributed by atoms with van der Waals surface area (Å²) in [7, 11) is -3.48. The molecule has 0 heterocycles. The first-order chi connectivity index (χ1) is 10.4. The second kappa shape index (κ2) is 7.35. The highest BCUT2D eigenvalue weighted by atomic mass is 32.2. The van der Waals surface area contributed by atoms with Gasteiger partial charge in [-0.2, -0.15) is 4.31 Å². The third-order valence-electron chi connectivity index (χ3n) is 4.67. The van der Waals surface area contributed by atoms with E-state index in [0.717, 1.165) is 22.3 Å². The lowest BCUT2D eigenvalue weighted by molar-refractivity contribution is 0.333. The van der Waals surface area contributed by atoms with Crippen molar-refractivity contribution < 1.29 is 8.42 Å². The lowest BCUT2D eigenvalue weighted by Gasteiger charge is -2.28. The molecule has 0 aromatic heterocycles. The number of benzene rings is 1. The smallest absolute Gasteiger partial charge is 0.207 e. The quantitative estimate of drug-likeness (QED) is 0.763. The molecule has 0 radical (unpaired) electrons. The largest absolute Gasteiger partial charge is 0.243 e. The maximum atomic E-state index is 13.4. The molecule has 0 saturated heterocycles. The van der Waals surface area contributed by atoms with Gasteiger partial charge >= 0.3 is 0 Å². The van der Waals surface area contributed by atoms with Crippen LogP contribution in [0.2, 0.25) is 0 Å². The first kappa shape index (κ1) is 20.2.